The van der Waals surface area contributed by atoms with E-state index >= 15 is 0 Å². The number of rotatable bonds is 3. The van der Waals surface area contributed by atoms with Gasteiger partial charge in [-0.15, -0.1) is 0 Å². The molecule has 2 aliphatic rings. The van der Waals surface area contributed by atoms with Crippen molar-refractivity contribution in [3.63, 3.8) is 0 Å². The summed E-state index contributed by atoms with van der Waals surface area (Å²) in [6, 6.07) is 5.87. The molecule has 0 unspecified atom stereocenters. The van der Waals surface area contributed by atoms with E-state index < -0.39 is 0 Å². The number of aromatic nitrogens is 1. The van der Waals surface area contributed by atoms with Gasteiger partial charge in [-0.3, -0.25) is 9.69 Å². The van der Waals surface area contributed by atoms with Gasteiger partial charge in [0.15, 0.2) is 11.5 Å². The predicted octanol–water partition coefficient (Wildman–Crippen LogP) is 2.29. The van der Waals surface area contributed by atoms with Crippen LogP contribution in [0.15, 0.2) is 33.4 Å². The number of furan rings is 1. The Balaban J connectivity index is 1.44. The number of amides is 1. The lowest BCUT2D eigenvalue weighted by Gasteiger charge is -2.32. The number of nitrogens with zero attached hydrogens (tertiary/aromatic N) is 2. The molecular formula is C16H19N3O3. The molecule has 0 bridgehead atoms. The summed E-state index contributed by atoms with van der Waals surface area (Å²) in [5, 5.41) is 6.98. The van der Waals surface area contributed by atoms with Crippen molar-refractivity contribution in [2.75, 3.05) is 13.1 Å². The Hall–Kier alpha value is -2.08. The van der Waals surface area contributed by atoms with E-state index in [1.54, 1.807) is 24.5 Å². The third-order valence-corrected chi connectivity index (χ3v) is 4.68. The Morgan fingerprint density at radius 3 is 3.09 bits per heavy atom. The number of nitrogens with one attached hydrogen (secondary N) is 1. The van der Waals surface area contributed by atoms with Crippen molar-refractivity contribution in [2.45, 2.75) is 37.8 Å². The van der Waals surface area contributed by atoms with Gasteiger partial charge in [-0.2, -0.15) is 0 Å². The quantitative estimate of drug-likeness (QED) is 0.941. The van der Waals surface area contributed by atoms with E-state index in [0.717, 1.165) is 19.5 Å². The molecule has 2 aromatic rings. The maximum absolute atomic E-state index is 12.4. The van der Waals surface area contributed by atoms with Crippen molar-refractivity contribution in [1.29, 1.82) is 0 Å². The molecule has 22 heavy (non-hydrogen) atoms. The molecule has 1 amide bonds. The zero-order valence-electron chi connectivity index (χ0n) is 12.3. The van der Waals surface area contributed by atoms with Crippen molar-refractivity contribution >= 4 is 5.91 Å². The maximum Gasteiger partial charge on any atom is 0.273 e. The average molecular weight is 301 g/mol. The van der Waals surface area contributed by atoms with Crippen LogP contribution in [0.25, 0.3) is 11.5 Å². The van der Waals surface area contributed by atoms with E-state index in [1.807, 2.05) is 0 Å². The molecule has 0 aromatic carbocycles. The zero-order valence-corrected chi connectivity index (χ0v) is 12.3. The Bertz CT molecular complexity index is 649. The number of hydrogen-bond donors (Lipinski definition) is 1. The molecule has 2 fully saturated rings. The fourth-order valence-electron chi connectivity index (χ4n) is 3.58. The molecular weight excluding hydrogens is 282 g/mol. The van der Waals surface area contributed by atoms with Crippen molar-refractivity contribution in [3.05, 3.63) is 30.2 Å². The van der Waals surface area contributed by atoms with Gasteiger partial charge in [-0.1, -0.05) is 11.6 Å². The zero-order chi connectivity index (χ0) is 14.9. The van der Waals surface area contributed by atoms with E-state index in [-0.39, 0.29) is 11.9 Å². The summed E-state index contributed by atoms with van der Waals surface area (Å²) in [6.07, 6.45) is 6.27. The lowest BCUT2D eigenvalue weighted by Crippen LogP contribution is -2.46. The first-order valence-corrected chi connectivity index (χ1v) is 7.87. The Morgan fingerprint density at radius 2 is 2.23 bits per heavy atom. The SMILES string of the molecule is O=C(N[C@@H]1CCN2CCCC[C@H]12)c1cc(-c2ccco2)on1. The van der Waals surface area contributed by atoms with Gasteiger partial charge in [0.25, 0.3) is 5.91 Å². The van der Waals surface area contributed by atoms with Crippen LogP contribution in [0, 0.1) is 0 Å². The topological polar surface area (TPSA) is 71.5 Å². The molecule has 2 saturated heterocycles. The molecule has 6 heteroatoms. The lowest BCUT2D eigenvalue weighted by molar-refractivity contribution is 0.0906. The van der Waals surface area contributed by atoms with Gasteiger partial charge in [0.05, 0.1) is 6.26 Å². The monoisotopic (exact) mass is 301 g/mol. The molecule has 0 saturated carbocycles. The van der Waals surface area contributed by atoms with Crippen LogP contribution in [0.5, 0.6) is 0 Å². The van der Waals surface area contributed by atoms with Crippen LogP contribution in [0.2, 0.25) is 0 Å². The molecule has 0 aliphatic carbocycles. The van der Waals surface area contributed by atoms with Gasteiger partial charge in [-0.25, -0.2) is 0 Å². The first kappa shape index (κ1) is 13.6. The second kappa shape index (κ2) is 5.61. The van der Waals surface area contributed by atoms with Gasteiger partial charge >= 0.3 is 0 Å². The van der Waals surface area contributed by atoms with Crippen LogP contribution in [-0.2, 0) is 0 Å². The van der Waals surface area contributed by atoms with Crippen LogP contribution in [0.1, 0.15) is 36.2 Å². The van der Waals surface area contributed by atoms with E-state index in [4.69, 9.17) is 8.94 Å². The summed E-state index contributed by atoms with van der Waals surface area (Å²) < 4.78 is 10.4. The average Bonchev–Trinajstić information content (AvgIpc) is 3.28. The molecule has 1 N–H and O–H groups in total. The van der Waals surface area contributed by atoms with Gasteiger partial charge in [0.2, 0.25) is 5.76 Å². The van der Waals surface area contributed by atoms with Crippen LogP contribution in [0.3, 0.4) is 0 Å². The Morgan fingerprint density at radius 1 is 1.27 bits per heavy atom. The third-order valence-electron chi connectivity index (χ3n) is 4.68. The molecule has 2 aromatic heterocycles. The summed E-state index contributed by atoms with van der Waals surface area (Å²) >= 11 is 0. The highest BCUT2D eigenvalue weighted by Crippen LogP contribution is 2.27. The van der Waals surface area contributed by atoms with Crippen LogP contribution < -0.4 is 5.32 Å². The van der Waals surface area contributed by atoms with Gasteiger partial charge < -0.3 is 14.3 Å². The third kappa shape index (κ3) is 2.43. The highest BCUT2D eigenvalue weighted by atomic mass is 16.5. The molecule has 2 aliphatic heterocycles. The molecule has 6 nitrogen and oxygen atoms in total. The number of carbonyl (C=O) groups excluding carboxylic acids is 1. The number of fused-ring (bicyclic) bond motifs is 1. The summed E-state index contributed by atoms with van der Waals surface area (Å²) in [6.45, 7) is 2.23. The summed E-state index contributed by atoms with van der Waals surface area (Å²) in [5.74, 6) is 0.880. The van der Waals surface area contributed by atoms with Gasteiger partial charge in [0, 0.05) is 24.7 Å². The van der Waals surface area contributed by atoms with Crippen molar-refractivity contribution < 1.29 is 13.7 Å². The van der Waals surface area contributed by atoms with Crippen molar-refractivity contribution in [1.82, 2.24) is 15.4 Å². The number of piperidine rings is 1. The lowest BCUT2D eigenvalue weighted by atomic mass is 9.99. The maximum atomic E-state index is 12.4. The molecule has 2 atom stereocenters. The highest BCUT2D eigenvalue weighted by molar-refractivity contribution is 5.93. The minimum absolute atomic E-state index is 0.168. The van der Waals surface area contributed by atoms with Crippen LogP contribution in [-0.4, -0.2) is 41.1 Å². The predicted molar refractivity (Wildman–Crippen MR) is 79.3 cm³/mol. The molecule has 4 heterocycles. The fourth-order valence-corrected chi connectivity index (χ4v) is 3.58. The van der Waals surface area contributed by atoms with E-state index in [1.165, 1.54) is 19.3 Å². The molecule has 0 spiro atoms. The largest absolute Gasteiger partial charge is 0.461 e. The van der Waals surface area contributed by atoms with E-state index in [2.05, 4.69) is 15.4 Å². The fraction of sp³-hybridized carbons (Fsp3) is 0.500. The Kier molecular flexibility index (Phi) is 3.46. The standard InChI is InChI=1S/C16H19N3O3/c20-16(12-10-15(22-18-12)14-5-3-9-21-14)17-11-6-8-19-7-2-1-4-13(11)19/h3,5,9-11,13H,1-2,4,6-8H2,(H,17,20)/t11-,13-/m1/s1. The normalized spacial score (nSPS) is 25.1. The first-order chi connectivity index (χ1) is 10.8. The molecule has 0 radical (unpaired) electrons. The molecule has 116 valence electrons. The minimum Gasteiger partial charge on any atom is -0.461 e. The number of hydrogen-bond acceptors (Lipinski definition) is 5. The van der Waals surface area contributed by atoms with Crippen LogP contribution in [0.4, 0.5) is 0 Å². The summed E-state index contributed by atoms with van der Waals surface area (Å²) in [7, 11) is 0. The van der Waals surface area contributed by atoms with Crippen LogP contribution >= 0.6 is 0 Å². The van der Waals surface area contributed by atoms with Crippen molar-refractivity contribution in [3.8, 4) is 11.5 Å². The molecule has 4 rings (SSSR count). The second-order valence-electron chi connectivity index (χ2n) is 6.02. The van der Waals surface area contributed by atoms with E-state index in [0.29, 0.717) is 23.3 Å². The van der Waals surface area contributed by atoms with Gasteiger partial charge in [-0.05, 0) is 37.9 Å². The summed E-state index contributed by atoms with van der Waals surface area (Å²) in [4.78, 5) is 14.9. The number of carbonyl (C=O) groups is 1. The smallest absolute Gasteiger partial charge is 0.273 e. The van der Waals surface area contributed by atoms with E-state index in [9.17, 15) is 4.79 Å². The Labute approximate surface area is 128 Å². The highest BCUT2D eigenvalue weighted by Gasteiger charge is 2.36. The second-order valence-corrected chi connectivity index (χ2v) is 6.02. The van der Waals surface area contributed by atoms with Crippen molar-refractivity contribution in [2.24, 2.45) is 0 Å². The first-order valence-electron chi connectivity index (χ1n) is 7.87. The summed E-state index contributed by atoms with van der Waals surface area (Å²) in [5.41, 5.74) is 0.306. The van der Waals surface area contributed by atoms with Gasteiger partial charge in [0.1, 0.15) is 0 Å². The minimum atomic E-state index is -0.168.